The van der Waals surface area contributed by atoms with Crippen molar-refractivity contribution in [3.63, 3.8) is 0 Å². The van der Waals surface area contributed by atoms with Crippen molar-refractivity contribution in [2.24, 2.45) is 5.92 Å². The molecular formula is C13H15ClO. The SMILES string of the molecule is O=C1CCC(CCc2ccc(Cl)cc2)C1. The number of benzene rings is 1. The normalized spacial score (nSPS) is 20.9. The first-order valence-corrected chi connectivity index (χ1v) is 5.88. The zero-order valence-corrected chi connectivity index (χ0v) is 9.46. The van der Waals surface area contributed by atoms with Crippen molar-refractivity contribution in [1.29, 1.82) is 0 Å². The number of hydrogen-bond acceptors (Lipinski definition) is 1. The second kappa shape index (κ2) is 4.80. The van der Waals surface area contributed by atoms with Crippen LogP contribution in [0.4, 0.5) is 0 Å². The average Bonchev–Trinajstić information content (AvgIpc) is 2.64. The van der Waals surface area contributed by atoms with Gasteiger partial charge in [-0.2, -0.15) is 0 Å². The van der Waals surface area contributed by atoms with Gasteiger partial charge in [0.05, 0.1) is 0 Å². The standard InChI is InChI=1S/C13H15ClO/c14-12-6-3-10(4-7-12)1-2-11-5-8-13(15)9-11/h3-4,6-7,11H,1-2,5,8-9H2. The van der Waals surface area contributed by atoms with Crippen molar-refractivity contribution in [1.82, 2.24) is 0 Å². The molecule has 0 N–H and O–H groups in total. The van der Waals surface area contributed by atoms with Crippen LogP contribution in [0.1, 0.15) is 31.2 Å². The summed E-state index contributed by atoms with van der Waals surface area (Å²) in [5, 5.41) is 0.787. The summed E-state index contributed by atoms with van der Waals surface area (Å²) in [6.45, 7) is 0. The molecule has 1 aromatic rings. The molecule has 1 atom stereocenters. The highest BCUT2D eigenvalue weighted by Gasteiger charge is 2.21. The zero-order valence-electron chi connectivity index (χ0n) is 8.71. The Hall–Kier alpha value is -0.820. The fraction of sp³-hybridized carbons (Fsp3) is 0.462. The molecule has 0 saturated heterocycles. The molecule has 0 amide bonds. The molecule has 1 unspecified atom stereocenters. The first-order valence-electron chi connectivity index (χ1n) is 5.50. The van der Waals surface area contributed by atoms with E-state index in [2.05, 4.69) is 12.1 Å². The Bertz CT molecular complexity index is 342. The van der Waals surface area contributed by atoms with E-state index in [1.807, 2.05) is 12.1 Å². The zero-order chi connectivity index (χ0) is 10.7. The van der Waals surface area contributed by atoms with Gasteiger partial charge < -0.3 is 0 Å². The molecule has 15 heavy (non-hydrogen) atoms. The van der Waals surface area contributed by atoms with Gasteiger partial charge >= 0.3 is 0 Å². The highest BCUT2D eigenvalue weighted by molar-refractivity contribution is 6.30. The molecule has 0 aliphatic heterocycles. The maximum atomic E-state index is 11.1. The monoisotopic (exact) mass is 222 g/mol. The number of Topliss-reactive ketones (excluding diaryl/α,β-unsaturated/α-hetero) is 1. The van der Waals surface area contributed by atoms with E-state index in [1.54, 1.807) is 0 Å². The third-order valence-electron chi connectivity index (χ3n) is 3.10. The molecule has 1 aliphatic carbocycles. The number of ketones is 1. The minimum Gasteiger partial charge on any atom is -0.300 e. The molecule has 80 valence electrons. The lowest BCUT2D eigenvalue weighted by molar-refractivity contribution is -0.117. The molecule has 1 nitrogen and oxygen atoms in total. The third-order valence-corrected chi connectivity index (χ3v) is 3.35. The van der Waals surface area contributed by atoms with Gasteiger partial charge in [0, 0.05) is 17.9 Å². The lowest BCUT2D eigenvalue weighted by atomic mass is 9.98. The summed E-state index contributed by atoms with van der Waals surface area (Å²) >= 11 is 5.81. The van der Waals surface area contributed by atoms with Crippen LogP contribution in [0.25, 0.3) is 0 Å². The van der Waals surface area contributed by atoms with Crippen molar-refractivity contribution in [2.75, 3.05) is 0 Å². The van der Waals surface area contributed by atoms with Crippen molar-refractivity contribution < 1.29 is 4.79 Å². The summed E-state index contributed by atoms with van der Waals surface area (Å²) in [5.74, 6) is 1.06. The van der Waals surface area contributed by atoms with Crippen LogP contribution >= 0.6 is 11.6 Å². The molecular weight excluding hydrogens is 208 g/mol. The van der Waals surface area contributed by atoms with Gasteiger partial charge in [-0.3, -0.25) is 4.79 Å². The lowest BCUT2D eigenvalue weighted by Crippen LogP contribution is -1.97. The number of hydrogen-bond donors (Lipinski definition) is 0. The molecule has 0 spiro atoms. The van der Waals surface area contributed by atoms with E-state index in [0.717, 1.165) is 37.1 Å². The highest BCUT2D eigenvalue weighted by Crippen LogP contribution is 2.26. The second-order valence-electron chi connectivity index (χ2n) is 4.31. The lowest BCUT2D eigenvalue weighted by Gasteiger charge is -2.07. The number of halogens is 1. The Kier molecular flexibility index (Phi) is 3.42. The Labute approximate surface area is 95.4 Å². The van der Waals surface area contributed by atoms with Gasteiger partial charge in [-0.25, -0.2) is 0 Å². The van der Waals surface area contributed by atoms with Gasteiger partial charge in [0.2, 0.25) is 0 Å². The van der Waals surface area contributed by atoms with Crippen LogP contribution in [-0.4, -0.2) is 5.78 Å². The molecule has 1 fully saturated rings. The van der Waals surface area contributed by atoms with Gasteiger partial charge in [0.15, 0.2) is 0 Å². The van der Waals surface area contributed by atoms with Crippen LogP contribution in [0.5, 0.6) is 0 Å². The first kappa shape index (κ1) is 10.7. The van der Waals surface area contributed by atoms with Gasteiger partial charge in [-0.05, 0) is 42.9 Å². The van der Waals surface area contributed by atoms with Gasteiger partial charge in [0.1, 0.15) is 5.78 Å². The maximum Gasteiger partial charge on any atom is 0.133 e. The average molecular weight is 223 g/mol. The predicted molar refractivity (Wildman–Crippen MR) is 62.1 cm³/mol. The van der Waals surface area contributed by atoms with E-state index in [0.29, 0.717) is 11.7 Å². The largest absolute Gasteiger partial charge is 0.300 e. The fourth-order valence-corrected chi connectivity index (χ4v) is 2.29. The summed E-state index contributed by atoms with van der Waals surface area (Å²) < 4.78 is 0. The van der Waals surface area contributed by atoms with Crippen LogP contribution in [0.15, 0.2) is 24.3 Å². The van der Waals surface area contributed by atoms with E-state index in [9.17, 15) is 4.79 Å². The van der Waals surface area contributed by atoms with Crippen molar-refractivity contribution in [2.45, 2.75) is 32.1 Å². The Balaban J connectivity index is 1.83. The summed E-state index contributed by atoms with van der Waals surface area (Å²) in [6.07, 6.45) is 4.88. The van der Waals surface area contributed by atoms with Crippen molar-refractivity contribution in [3.05, 3.63) is 34.9 Å². The number of carbonyl (C=O) groups is 1. The van der Waals surface area contributed by atoms with Gasteiger partial charge in [0.25, 0.3) is 0 Å². The van der Waals surface area contributed by atoms with Gasteiger partial charge in [-0.15, -0.1) is 0 Å². The number of aryl methyl sites for hydroxylation is 1. The van der Waals surface area contributed by atoms with E-state index < -0.39 is 0 Å². The van der Waals surface area contributed by atoms with Crippen LogP contribution in [0, 0.1) is 5.92 Å². The van der Waals surface area contributed by atoms with Crippen LogP contribution < -0.4 is 0 Å². The molecule has 1 saturated carbocycles. The summed E-state index contributed by atoms with van der Waals surface area (Å²) in [4.78, 5) is 11.1. The Morgan fingerprint density at radius 2 is 2.00 bits per heavy atom. The molecule has 0 bridgehead atoms. The third kappa shape index (κ3) is 3.07. The summed E-state index contributed by atoms with van der Waals surface area (Å²) in [6, 6.07) is 7.99. The smallest absolute Gasteiger partial charge is 0.133 e. The molecule has 1 aliphatic rings. The van der Waals surface area contributed by atoms with E-state index in [4.69, 9.17) is 11.6 Å². The molecule has 1 aromatic carbocycles. The van der Waals surface area contributed by atoms with Gasteiger partial charge in [-0.1, -0.05) is 23.7 Å². The van der Waals surface area contributed by atoms with E-state index in [-0.39, 0.29) is 0 Å². The number of carbonyl (C=O) groups excluding carboxylic acids is 1. The molecule has 0 heterocycles. The summed E-state index contributed by atoms with van der Waals surface area (Å²) in [7, 11) is 0. The summed E-state index contributed by atoms with van der Waals surface area (Å²) in [5.41, 5.74) is 1.32. The Morgan fingerprint density at radius 1 is 1.27 bits per heavy atom. The van der Waals surface area contributed by atoms with Crippen LogP contribution in [0.3, 0.4) is 0 Å². The topological polar surface area (TPSA) is 17.1 Å². The van der Waals surface area contributed by atoms with Crippen LogP contribution in [0.2, 0.25) is 5.02 Å². The van der Waals surface area contributed by atoms with E-state index in [1.165, 1.54) is 5.56 Å². The second-order valence-corrected chi connectivity index (χ2v) is 4.75. The van der Waals surface area contributed by atoms with Crippen LogP contribution in [-0.2, 0) is 11.2 Å². The number of rotatable bonds is 3. The Morgan fingerprint density at radius 3 is 2.60 bits per heavy atom. The first-order chi connectivity index (χ1) is 7.24. The highest BCUT2D eigenvalue weighted by atomic mass is 35.5. The minimum atomic E-state index is 0.441. The van der Waals surface area contributed by atoms with Crippen molar-refractivity contribution >= 4 is 17.4 Å². The fourth-order valence-electron chi connectivity index (χ4n) is 2.16. The maximum absolute atomic E-state index is 11.1. The molecule has 2 heteroatoms. The van der Waals surface area contributed by atoms with Crippen molar-refractivity contribution in [3.8, 4) is 0 Å². The molecule has 2 rings (SSSR count). The quantitative estimate of drug-likeness (QED) is 0.763. The minimum absolute atomic E-state index is 0.441. The molecule has 0 radical (unpaired) electrons. The predicted octanol–water partition coefficient (Wildman–Crippen LogP) is 3.64. The van der Waals surface area contributed by atoms with E-state index >= 15 is 0 Å². The molecule has 0 aromatic heterocycles.